The van der Waals surface area contributed by atoms with Crippen LogP contribution in [0.15, 0.2) is 0 Å². The van der Waals surface area contributed by atoms with E-state index in [-0.39, 0.29) is 14.9 Å². The molecule has 0 atom stereocenters. The molecule has 0 aliphatic heterocycles. The Bertz CT molecular complexity index is 9.61. The van der Waals surface area contributed by atoms with Crippen molar-refractivity contribution in [3.63, 3.8) is 0 Å². The maximum absolute atomic E-state index is 3.49. The fourth-order valence-electron chi connectivity index (χ4n) is 0. The molecule has 0 heterocycles. The second-order valence-electron chi connectivity index (χ2n) is 0.500. The molecular formula is C2H9NS. The van der Waals surface area contributed by atoms with Gasteiger partial charge in [-0.15, -0.1) is 0 Å². The Morgan fingerprint density at radius 1 is 2.00 bits per heavy atom. The molecule has 0 fully saturated rings. The van der Waals surface area contributed by atoms with Crippen molar-refractivity contribution in [3.8, 4) is 0 Å². The Morgan fingerprint density at radius 3 is 2.00 bits per heavy atom. The quantitative estimate of drug-likeness (QED) is 0.400. The summed E-state index contributed by atoms with van der Waals surface area (Å²) in [6, 6.07) is 0. The minimum absolute atomic E-state index is 0. The summed E-state index contributed by atoms with van der Waals surface area (Å²) >= 11 is 0. The Labute approximate surface area is 35.1 Å². The molecule has 0 aromatic rings. The minimum Gasteiger partial charge on any atom is -2.00 e. The average Bonchev–Trinajstić information content (AvgIpc) is 0.918. The normalized spacial score (nSPS) is 4.50. The van der Waals surface area contributed by atoms with Crippen LogP contribution in [-0.2, 0) is 13.5 Å². The van der Waals surface area contributed by atoms with Crippen LogP contribution in [0.3, 0.4) is 0 Å². The van der Waals surface area contributed by atoms with E-state index < -0.39 is 0 Å². The van der Waals surface area contributed by atoms with Crippen molar-refractivity contribution in [2.45, 2.75) is 6.92 Å². The lowest BCUT2D eigenvalue weighted by Gasteiger charge is -2.00. The fraction of sp³-hybridized carbons (Fsp3) is 1.00. The van der Waals surface area contributed by atoms with Crippen LogP contribution in [0.2, 0.25) is 0 Å². The van der Waals surface area contributed by atoms with Gasteiger partial charge >= 0.3 is 1.43 Å². The highest BCUT2D eigenvalue weighted by Gasteiger charge is 1.37. The molecule has 0 amide bonds. The Hall–Kier alpha value is 0.310. The van der Waals surface area contributed by atoms with E-state index in [0.29, 0.717) is 0 Å². The summed E-state index contributed by atoms with van der Waals surface area (Å²) in [6.07, 6.45) is 0. The smallest absolute Gasteiger partial charge is 1.00 e. The van der Waals surface area contributed by atoms with Crippen molar-refractivity contribution >= 4 is 13.5 Å². The van der Waals surface area contributed by atoms with Gasteiger partial charge in [0.25, 0.3) is 0 Å². The number of quaternary nitrogens is 1. The molecule has 0 spiro atoms. The Kier molecular flexibility index (Phi) is 22.8. The van der Waals surface area contributed by atoms with Crippen LogP contribution in [0.25, 0.3) is 0 Å². The van der Waals surface area contributed by atoms with Crippen molar-refractivity contribution in [3.05, 3.63) is 0 Å². The molecule has 0 rings (SSSR count). The lowest BCUT2D eigenvalue weighted by molar-refractivity contribution is -0.361. The van der Waals surface area contributed by atoms with Gasteiger partial charge in [-0.25, -0.2) is 0 Å². The Morgan fingerprint density at radius 2 is 2.00 bits per heavy atom. The van der Waals surface area contributed by atoms with Gasteiger partial charge in [-0.2, -0.15) is 0 Å². The van der Waals surface area contributed by atoms with Gasteiger partial charge in [-0.3, -0.25) is 0 Å². The van der Waals surface area contributed by atoms with E-state index in [1.165, 1.54) is 0 Å². The summed E-state index contributed by atoms with van der Waals surface area (Å²) < 4.78 is 0. The van der Waals surface area contributed by atoms with Gasteiger partial charge in [0.05, 0.1) is 6.54 Å². The highest BCUT2D eigenvalue weighted by molar-refractivity contribution is 7.37. The van der Waals surface area contributed by atoms with Crippen LogP contribution in [-0.4, -0.2) is 6.54 Å². The molecular weight excluding hydrogens is 70.1 g/mol. The second-order valence-corrected chi connectivity index (χ2v) is 0.500. The average molecular weight is 79.2 g/mol. The third kappa shape index (κ3) is 41.3. The lowest BCUT2D eigenvalue weighted by Crippen LogP contribution is -2.48. The summed E-state index contributed by atoms with van der Waals surface area (Å²) in [5, 5.41) is 0. The molecule has 2 heteroatoms. The SMILES string of the molecule is CC[NH3+].[H+].[S-2]. The summed E-state index contributed by atoms with van der Waals surface area (Å²) in [6.45, 7) is 3.01. The predicted octanol–water partition coefficient (Wildman–Crippen LogP) is -0.642. The van der Waals surface area contributed by atoms with Crippen LogP contribution >= 0.6 is 0 Å². The summed E-state index contributed by atoms with van der Waals surface area (Å²) in [4.78, 5) is 0. The molecule has 0 saturated heterocycles. The molecule has 1 nitrogen and oxygen atoms in total. The molecule has 0 radical (unpaired) electrons. The number of hydrogen-bond acceptors (Lipinski definition) is 0. The van der Waals surface area contributed by atoms with Gasteiger partial charge in [0.1, 0.15) is 0 Å². The maximum atomic E-state index is 3.49. The van der Waals surface area contributed by atoms with Gasteiger partial charge in [0, 0.05) is 0 Å². The van der Waals surface area contributed by atoms with Gasteiger partial charge < -0.3 is 19.2 Å². The number of hydrogen-bond donors (Lipinski definition) is 1. The molecule has 4 heavy (non-hydrogen) atoms. The van der Waals surface area contributed by atoms with Crippen LogP contribution < -0.4 is 5.73 Å². The summed E-state index contributed by atoms with van der Waals surface area (Å²) in [5.41, 5.74) is 3.49. The zero-order chi connectivity index (χ0) is 2.71. The molecule has 3 N–H and O–H groups in total. The Balaban J connectivity index is -0.0000000200. The van der Waals surface area contributed by atoms with Crippen molar-refractivity contribution < 1.29 is 7.16 Å². The van der Waals surface area contributed by atoms with Gasteiger partial charge in [-0.1, -0.05) is 0 Å². The van der Waals surface area contributed by atoms with Crippen molar-refractivity contribution in [1.82, 2.24) is 0 Å². The second kappa shape index (κ2) is 10.3. The molecule has 0 aromatic heterocycles. The molecule has 0 aliphatic rings. The standard InChI is InChI=1S/C2H7N.S/c1-2-3;/h2-3H2,1H3;/q;-2/p+2. The third-order valence-corrected chi connectivity index (χ3v) is 0. The fourth-order valence-corrected chi connectivity index (χ4v) is 0. The van der Waals surface area contributed by atoms with Crippen LogP contribution in [0.4, 0.5) is 0 Å². The van der Waals surface area contributed by atoms with E-state index in [1.54, 1.807) is 0 Å². The van der Waals surface area contributed by atoms with Crippen LogP contribution in [0, 0.1) is 0 Å². The van der Waals surface area contributed by atoms with Gasteiger partial charge in [-0.05, 0) is 6.92 Å². The van der Waals surface area contributed by atoms with Crippen LogP contribution in [0.1, 0.15) is 8.35 Å². The zero-order valence-electron chi connectivity index (χ0n) is 3.82. The molecule has 28 valence electrons. The first-order chi connectivity index (χ1) is 1.41. The third-order valence-electron chi connectivity index (χ3n) is 0. The molecule has 0 aromatic carbocycles. The van der Waals surface area contributed by atoms with Crippen molar-refractivity contribution in [1.29, 1.82) is 0 Å². The largest absolute Gasteiger partial charge is 2.00 e. The molecule has 0 unspecified atom stereocenters. The van der Waals surface area contributed by atoms with Crippen molar-refractivity contribution in [2.24, 2.45) is 0 Å². The van der Waals surface area contributed by atoms with E-state index in [2.05, 4.69) is 5.73 Å². The van der Waals surface area contributed by atoms with Crippen molar-refractivity contribution in [2.75, 3.05) is 6.54 Å². The van der Waals surface area contributed by atoms with E-state index in [1.807, 2.05) is 6.92 Å². The molecule has 0 bridgehead atoms. The lowest BCUT2D eigenvalue weighted by atomic mass is 10.8. The molecule has 0 aliphatic carbocycles. The van der Waals surface area contributed by atoms with Gasteiger partial charge in [0.2, 0.25) is 0 Å². The van der Waals surface area contributed by atoms with Gasteiger partial charge in [0.15, 0.2) is 0 Å². The topological polar surface area (TPSA) is 27.6 Å². The first kappa shape index (κ1) is 8.85. The van der Waals surface area contributed by atoms with Crippen LogP contribution in [0.5, 0.6) is 0 Å². The zero-order valence-corrected chi connectivity index (χ0v) is 3.64. The predicted molar refractivity (Wildman–Crippen MR) is 21.9 cm³/mol. The monoisotopic (exact) mass is 79.0 g/mol. The maximum Gasteiger partial charge on any atom is 1.00 e. The van der Waals surface area contributed by atoms with E-state index >= 15 is 0 Å². The number of rotatable bonds is 0. The molecule has 0 saturated carbocycles. The first-order valence-electron chi connectivity index (χ1n) is 1.21. The minimum atomic E-state index is 0. The van der Waals surface area contributed by atoms with E-state index in [0.717, 1.165) is 6.54 Å². The highest BCUT2D eigenvalue weighted by atomic mass is 32.1. The summed E-state index contributed by atoms with van der Waals surface area (Å²) in [7, 11) is 0. The van der Waals surface area contributed by atoms with E-state index in [4.69, 9.17) is 0 Å². The highest BCUT2D eigenvalue weighted by Crippen LogP contribution is 1.13. The van der Waals surface area contributed by atoms with E-state index in [9.17, 15) is 0 Å². The first-order valence-corrected chi connectivity index (χ1v) is 1.21. The summed E-state index contributed by atoms with van der Waals surface area (Å²) in [5.74, 6) is 0.